The quantitative estimate of drug-likeness (QED) is 0.211. The van der Waals surface area contributed by atoms with E-state index in [-0.39, 0.29) is 6.10 Å². The summed E-state index contributed by atoms with van der Waals surface area (Å²) in [6.07, 6.45) is 18.8. The lowest BCUT2D eigenvalue weighted by atomic mass is 10.0. The van der Waals surface area contributed by atoms with E-state index in [1.165, 1.54) is 82.6 Å². The van der Waals surface area contributed by atoms with Crippen LogP contribution < -0.4 is 0 Å². The maximum absolute atomic E-state index is 6.13. The molecule has 0 N–H and O–H groups in total. The maximum atomic E-state index is 6.13. The molecule has 0 saturated carbocycles. The molecule has 0 aliphatic carbocycles. The van der Waals surface area contributed by atoms with Crippen molar-refractivity contribution in [2.45, 2.75) is 110 Å². The molecule has 1 rings (SSSR count). The highest BCUT2D eigenvalue weighted by Crippen LogP contribution is 2.15. The fourth-order valence-corrected chi connectivity index (χ4v) is 3.53. The van der Waals surface area contributed by atoms with E-state index in [4.69, 9.17) is 9.47 Å². The van der Waals surface area contributed by atoms with Crippen LogP contribution in [0.25, 0.3) is 0 Å². The highest BCUT2D eigenvalue weighted by molar-refractivity contribution is 5.13. The van der Waals surface area contributed by atoms with Gasteiger partial charge in [-0.05, 0) is 18.4 Å². The van der Waals surface area contributed by atoms with Crippen molar-refractivity contribution < 1.29 is 9.47 Å². The van der Waals surface area contributed by atoms with Gasteiger partial charge < -0.3 is 9.47 Å². The van der Waals surface area contributed by atoms with E-state index in [9.17, 15) is 0 Å². The molecule has 0 saturated heterocycles. The van der Waals surface area contributed by atoms with Gasteiger partial charge in [-0.2, -0.15) is 0 Å². The van der Waals surface area contributed by atoms with Crippen LogP contribution in [0.2, 0.25) is 0 Å². The van der Waals surface area contributed by atoms with Crippen molar-refractivity contribution in [3.8, 4) is 0 Å². The van der Waals surface area contributed by atoms with Crippen LogP contribution in [-0.2, 0) is 16.1 Å². The Labute approximate surface area is 175 Å². The highest BCUT2D eigenvalue weighted by Gasteiger charge is 2.09. The first kappa shape index (κ1) is 25.2. The summed E-state index contributed by atoms with van der Waals surface area (Å²) in [4.78, 5) is 0. The number of ether oxygens (including phenoxy) is 2. The van der Waals surface area contributed by atoms with Crippen molar-refractivity contribution in [3.05, 3.63) is 42.8 Å². The van der Waals surface area contributed by atoms with Gasteiger partial charge in [-0.1, -0.05) is 121 Å². The topological polar surface area (TPSA) is 18.5 Å². The lowest BCUT2D eigenvalue weighted by Gasteiger charge is -2.18. The van der Waals surface area contributed by atoms with E-state index >= 15 is 0 Å². The van der Waals surface area contributed by atoms with Crippen LogP contribution in [-0.4, -0.2) is 19.3 Å². The van der Waals surface area contributed by atoms with E-state index in [0.717, 1.165) is 19.4 Å². The van der Waals surface area contributed by atoms with Crippen molar-refractivity contribution in [2.75, 3.05) is 13.2 Å². The molecular weight excluding hydrogens is 344 g/mol. The second kappa shape index (κ2) is 19.5. The molecule has 0 aliphatic rings. The SMILES string of the molecule is [CH2]CCOCC(CCCCCCCCCCCCCC)OCc1ccccc1. The van der Waals surface area contributed by atoms with Gasteiger partial charge in [-0.25, -0.2) is 0 Å². The summed E-state index contributed by atoms with van der Waals surface area (Å²) >= 11 is 0. The third-order valence-corrected chi connectivity index (χ3v) is 5.30. The Kier molecular flexibility index (Phi) is 17.5. The average molecular weight is 390 g/mol. The number of hydrogen-bond acceptors (Lipinski definition) is 2. The molecule has 1 aromatic rings. The van der Waals surface area contributed by atoms with Crippen LogP contribution in [0, 0.1) is 6.92 Å². The average Bonchev–Trinajstić information content (AvgIpc) is 2.73. The Balaban J connectivity index is 2.03. The van der Waals surface area contributed by atoms with E-state index in [2.05, 4.69) is 38.1 Å². The molecule has 1 radical (unpaired) electrons. The maximum Gasteiger partial charge on any atom is 0.0813 e. The zero-order valence-corrected chi connectivity index (χ0v) is 18.5. The summed E-state index contributed by atoms with van der Waals surface area (Å²) in [6.45, 7) is 8.23. The van der Waals surface area contributed by atoms with Crippen molar-refractivity contribution in [1.82, 2.24) is 0 Å². The Morgan fingerprint density at radius 3 is 1.93 bits per heavy atom. The van der Waals surface area contributed by atoms with Crippen LogP contribution in [0.1, 0.15) is 102 Å². The first-order valence-corrected chi connectivity index (χ1v) is 11.9. The van der Waals surface area contributed by atoms with Crippen LogP contribution in [0.3, 0.4) is 0 Å². The third-order valence-electron chi connectivity index (χ3n) is 5.30. The lowest BCUT2D eigenvalue weighted by Crippen LogP contribution is -2.20. The lowest BCUT2D eigenvalue weighted by molar-refractivity contribution is -0.0288. The summed E-state index contributed by atoms with van der Waals surface area (Å²) < 4.78 is 11.8. The molecule has 0 bridgehead atoms. The van der Waals surface area contributed by atoms with Crippen molar-refractivity contribution in [2.24, 2.45) is 0 Å². The van der Waals surface area contributed by atoms with Gasteiger partial charge >= 0.3 is 0 Å². The summed E-state index contributed by atoms with van der Waals surface area (Å²) in [5.74, 6) is 0. The third kappa shape index (κ3) is 15.1. The number of benzene rings is 1. The Morgan fingerprint density at radius 1 is 0.786 bits per heavy atom. The van der Waals surface area contributed by atoms with E-state index in [0.29, 0.717) is 13.2 Å². The largest absolute Gasteiger partial charge is 0.379 e. The minimum atomic E-state index is 0.204. The first-order chi connectivity index (χ1) is 13.9. The second-order valence-corrected chi connectivity index (χ2v) is 8.02. The van der Waals surface area contributed by atoms with Crippen molar-refractivity contribution >= 4 is 0 Å². The molecule has 0 spiro atoms. The van der Waals surface area contributed by atoms with Crippen LogP contribution >= 0.6 is 0 Å². The Bertz CT molecular complexity index is 418. The van der Waals surface area contributed by atoms with E-state index < -0.39 is 0 Å². The molecule has 161 valence electrons. The number of hydrogen-bond donors (Lipinski definition) is 0. The Hall–Kier alpha value is -0.860. The molecule has 0 aromatic heterocycles. The molecule has 2 heteroatoms. The molecule has 2 nitrogen and oxygen atoms in total. The van der Waals surface area contributed by atoms with Crippen LogP contribution in [0.15, 0.2) is 30.3 Å². The predicted molar refractivity (Wildman–Crippen MR) is 122 cm³/mol. The molecule has 1 unspecified atom stereocenters. The number of rotatable bonds is 20. The summed E-state index contributed by atoms with van der Waals surface area (Å²) in [7, 11) is 0. The highest BCUT2D eigenvalue weighted by atomic mass is 16.5. The zero-order chi connectivity index (χ0) is 20.1. The van der Waals surface area contributed by atoms with E-state index in [1.54, 1.807) is 0 Å². The summed E-state index contributed by atoms with van der Waals surface area (Å²) in [5, 5.41) is 0. The van der Waals surface area contributed by atoms with Crippen molar-refractivity contribution in [1.29, 1.82) is 0 Å². The molecule has 1 aromatic carbocycles. The minimum Gasteiger partial charge on any atom is -0.379 e. The smallest absolute Gasteiger partial charge is 0.0813 e. The first-order valence-electron chi connectivity index (χ1n) is 11.9. The molecule has 0 amide bonds. The number of unbranched alkanes of at least 4 members (excludes halogenated alkanes) is 11. The Morgan fingerprint density at radius 2 is 1.36 bits per heavy atom. The van der Waals surface area contributed by atoms with Gasteiger partial charge in [-0.3, -0.25) is 0 Å². The monoisotopic (exact) mass is 389 g/mol. The van der Waals surface area contributed by atoms with Crippen LogP contribution in [0.4, 0.5) is 0 Å². The molecule has 0 fully saturated rings. The predicted octanol–water partition coefficient (Wildman–Crippen LogP) is 7.90. The van der Waals surface area contributed by atoms with Gasteiger partial charge in [-0.15, -0.1) is 0 Å². The van der Waals surface area contributed by atoms with Crippen LogP contribution in [0.5, 0.6) is 0 Å². The molecule has 0 heterocycles. The molecular formula is C26H45O2. The zero-order valence-electron chi connectivity index (χ0n) is 18.5. The van der Waals surface area contributed by atoms with Gasteiger partial charge in [0.25, 0.3) is 0 Å². The summed E-state index contributed by atoms with van der Waals surface area (Å²) in [6, 6.07) is 10.4. The normalized spacial score (nSPS) is 12.4. The van der Waals surface area contributed by atoms with Gasteiger partial charge in [0, 0.05) is 6.61 Å². The van der Waals surface area contributed by atoms with Gasteiger partial charge in [0.05, 0.1) is 19.3 Å². The van der Waals surface area contributed by atoms with Gasteiger partial charge in [0.2, 0.25) is 0 Å². The van der Waals surface area contributed by atoms with E-state index in [1.807, 2.05) is 6.07 Å². The summed E-state index contributed by atoms with van der Waals surface area (Å²) in [5.41, 5.74) is 1.24. The molecule has 1 atom stereocenters. The second-order valence-electron chi connectivity index (χ2n) is 8.02. The fraction of sp³-hybridized carbons (Fsp3) is 0.731. The standard InChI is InChI=1S/C26H45O2/c1-3-5-6-7-8-9-10-11-12-13-14-18-21-26(24-27-22-4-2)28-23-25-19-16-15-17-20-25/h15-17,19-20,26H,2-14,18,21-24H2,1H3. The minimum absolute atomic E-state index is 0.204. The molecule has 28 heavy (non-hydrogen) atoms. The van der Waals surface area contributed by atoms with Gasteiger partial charge in [0.1, 0.15) is 0 Å². The molecule has 0 aliphatic heterocycles. The fourth-order valence-electron chi connectivity index (χ4n) is 3.53. The van der Waals surface area contributed by atoms with Gasteiger partial charge in [0.15, 0.2) is 0 Å². The van der Waals surface area contributed by atoms with Crippen molar-refractivity contribution in [3.63, 3.8) is 0 Å².